The van der Waals surface area contributed by atoms with Crippen molar-refractivity contribution >= 4 is 113 Å². The minimum Gasteiger partial charge on any atom is -0.307 e. The maximum Gasteiger partial charge on any atom is 0.235 e. The third-order valence-electron chi connectivity index (χ3n) is 11.4. The highest BCUT2D eigenvalue weighted by Crippen LogP contribution is 2.49. The van der Waals surface area contributed by atoms with Crippen molar-refractivity contribution in [1.29, 1.82) is 0 Å². The minimum absolute atomic E-state index is 0.674. The maximum absolute atomic E-state index is 5.53. The van der Waals surface area contributed by atoms with E-state index >= 15 is 0 Å². The number of aromatic nitrogens is 4. The van der Waals surface area contributed by atoms with Gasteiger partial charge in [0, 0.05) is 63.4 Å². The van der Waals surface area contributed by atoms with Crippen LogP contribution in [0.25, 0.3) is 119 Å². The molecule has 0 aliphatic heterocycles. The van der Waals surface area contributed by atoms with Crippen molar-refractivity contribution in [1.82, 2.24) is 18.9 Å². The molecule has 244 valence electrons. The highest BCUT2D eigenvalue weighted by molar-refractivity contribution is 7.26. The molecule has 0 bridgehead atoms. The quantitative estimate of drug-likeness (QED) is 0.169. The van der Waals surface area contributed by atoms with Gasteiger partial charge in [0.2, 0.25) is 5.95 Å². The van der Waals surface area contributed by atoms with Gasteiger partial charge < -0.3 is 4.40 Å². The molecule has 0 fully saturated rings. The summed E-state index contributed by atoms with van der Waals surface area (Å²) in [6.07, 6.45) is 0. The lowest BCUT2D eigenvalue weighted by Gasteiger charge is -2.14. The summed E-state index contributed by atoms with van der Waals surface area (Å²) in [6.45, 7) is 0. The summed E-state index contributed by atoms with van der Waals surface area (Å²) in [5, 5.41) is 13.4. The molecule has 8 aromatic carbocycles. The number of nitrogens with zero attached hydrogens (tertiary/aromatic N) is 4. The smallest absolute Gasteiger partial charge is 0.235 e. The van der Waals surface area contributed by atoms with Crippen LogP contribution in [0.15, 0.2) is 158 Å². The van der Waals surface area contributed by atoms with Gasteiger partial charge in [0.05, 0.1) is 38.8 Å². The van der Waals surface area contributed by atoms with Gasteiger partial charge in [0.25, 0.3) is 0 Å². The van der Waals surface area contributed by atoms with Crippen molar-refractivity contribution in [2.75, 3.05) is 0 Å². The average molecular weight is 691 g/mol. The topological polar surface area (TPSA) is 35.1 Å². The first-order chi connectivity index (χ1) is 26.3. The molecule has 0 amide bonds. The zero-order chi connectivity index (χ0) is 34.4. The van der Waals surface area contributed by atoms with Gasteiger partial charge in [-0.1, -0.05) is 127 Å². The standard InChI is InChI=1S/C48H26N4S/c1-2-13-28(14-3-1)44-35-25-24-27-12-4-5-15-29(27)45(35)50-48(49-44)51-37-22-11-18-31-33-20-10-19-32-30-16-6-8-21-36(30)52(46(32)33)47-42-34-17-7-9-23-39(34)53-40(42)26-38(51)43(47)41(31)37/h1-26H. The number of fused-ring (bicyclic) bond motifs is 12. The normalized spacial score (nSPS) is 12.5. The Balaban J connectivity index is 1.33. The summed E-state index contributed by atoms with van der Waals surface area (Å²) >= 11 is 1.86. The molecule has 0 N–H and O–H groups in total. The summed E-state index contributed by atoms with van der Waals surface area (Å²) < 4.78 is 7.44. The van der Waals surface area contributed by atoms with Crippen LogP contribution in [0.5, 0.6) is 0 Å². The van der Waals surface area contributed by atoms with Crippen molar-refractivity contribution < 1.29 is 0 Å². The van der Waals surface area contributed by atoms with Crippen LogP contribution < -0.4 is 0 Å². The molecule has 0 unspecified atom stereocenters. The number of hydrogen-bond donors (Lipinski definition) is 0. The van der Waals surface area contributed by atoms with E-state index in [1.165, 1.54) is 69.0 Å². The highest BCUT2D eigenvalue weighted by atomic mass is 32.1. The fourth-order valence-electron chi connectivity index (χ4n) is 9.29. The van der Waals surface area contributed by atoms with Crippen LogP contribution in [0.2, 0.25) is 0 Å². The Morgan fingerprint density at radius 1 is 0.415 bits per heavy atom. The van der Waals surface area contributed by atoms with Crippen LogP contribution in [0.4, 0.5) is 0 Å². The predicted molar refractivity (Wildman–Crippen MR) is 224 cm³/mol. The molecule has 0 radical (unpaired) electrons. The summed E-state index contributed by atoms with van der Waals surface area (Å²) in [4.78, 5) is 11.0. The van der Waals surface area contributed by atoms with Crippen molar-refractivity contribution in [3.8, 4) is 17.2 Å². The SMILES string of the molecule is c1ccc(-c2nc(-n3c4cccc5c6cccc7c8ccccc8n(c67)c6c7c(cc3c6c54)sc3ccccc37)nc3c2ccc2ccccc23)cc1. The number of para-hydroxylation sites is 2. The maximum atomic E-state index is 5.53. The fourth-order valence-corrected chi connectivity index (χ4v) is 10.4. The molecular formula is C48H26N4S. The first-order valence-corrected chi connectivity index (χ1v) is 18.8. The van der Waals surface area contributed by atoms with Crippen molar-refractivity contribution in [3.05, 3.63) is 158 Å². The van der Waals surface area contributed by atoms with Gasteiger partial charge in [0.1, 0.15) is 0 Å². The third-order valence-corrected chi connectivity index (χ3v) is 12.5. The summed E-state index contributed by atoms with van der Waals surface area (Å²) in [5.41, 5.74) is 8.88. The van der Waals surface area contributed by atoms with Gasteiger partial charge in [-0.25, -0.2) is 9.97 Å². The van der Waals surface area contributed by atoms with E-state index in [9.17, 15) is 0 Å². The summed E-state index contributed by atoms with van der Waals surface area (Å²) in [5.74, 6) is 0.674. The second kappa shape index (κ2) is 9.94. The fraction of sp³-hybridized carbons (Fsp3) is 0. The second-order valence-corrected chi connectivity index (χ2v) is 15.2. The van der Waals surface area contributed by atoms with E-state index in [4.69, 9.17) is 9.97 Å². The Bertz CT molecular complexity index is 3680. The Morgan fingerprint density at radius 3 is 2.02 bits per heavy atom. The van der Waals surface area contributed by atoms with Gasteiger partial charge in [-0.15, -0.1) is 11.3 Å². The summed E-state index contributed by atoms with van der Waals surface area (Å²) in [6, 6.07) is 57.2. The molecule has 0 atom stereocenters. The van der Waals surface area contributed by atoms with E-state index in [2.05, 4.69) is 167 Å². The van der Waals surface area contributed by atoms with E-state index < -0.39 is 0 Å². The third kappa shape index (κ3) is 3.50. The Labute approximate surface area is 305 Å². The molecule has 53 heavy (non-hydrogen) atoms. The number of benzene rings is 8. The molecule has 0 saturated carbocycles. The van der Waals surface area contributed by atoms with Gasteiger partial charge in [-0.2, -0.15) is 0 Å². The highest BCUT2D eigenvalue weighted by Gasteiger charge is 2.26. The molecule has 5 heterocycles. The van der Waals surface area contributed by atoms with Gasteiger partial charge >= 0.3 is 0 Å². The first-order valence-electron chi connectivity index (χ1n) is 18.0. The van der Waals surface area contributed by atoms with Crippen LogP contribution in [-0.2, 0) is 0 Å². The van der Waals surface area contributed by atoms with Crippen molar-refractivity contribution in [2.45, 2.75) is 0 Å². The Morgan fingerprint density at radius 2 is 1.11 bits per heavy atom. The van der Waals surface area contributed by atoms with E-state index in [-0.39, 0.29) is 0 Å². The number of hydrogen-bond acceptors (Lipinski definition) is 3. The predicted octanol–water partition coefficient (Wildman–Crippen LogP) is 13.1. The van der Waals surface area contributed by atoms with Crippen LogP contribution in [0.3, 0.4) is 0 Å². The monoisotopic (exact) mass is 690 g/mol. The average Bonchev–Trinajstić information content (AvgIpc) is 3.84. The molecular weight excluding hydrogens is 665 g/mol. The lowest BCUT2D eigenvalue weighted by Crippen LogP contribution is -2.04. The minimum atomic E-state index is 0.674. The Kier molecular flexibility index (Phi) is 5.22. The second-order valence-electron chi connectivity index (χ2n) is 14.1. The molecule has 5 heteroatoms. The van der Waals surface area contributed by atoms with Gasteiger partial charge in [-0.3, -0.25) is 4.57 Å². The van der Waals surface area contributed by atoms with Crippen molar-refractivity contribution in [2.24, 2.45) is 0 Å². The van der Waals surface area contributed by atoms with E-state index in [0.29, 0.717) is 5.95 Å². The molecule has 5 aromatic heterocycles. The van der Waals surface area contributed by atoms with E-state index in [0.717, 1.165) is 44.0 Å². The van der Waals surface area contributed by atoms with E-state index in [1.807, 2.05) is 11.3 Å². The zero-order valence-electron chi connectivity index (χ0n) is 28.2. The van der Waals surface area contributed by atoms with Gasteiger partial charge in [-0.05, 0) is 41.1 Å². The Hall–Kier alpha value is -6.82. The first kappa shape index (κ1) is 27.8. The van der Waals surface area contributed by atoms with Crippen LogP contribution in [0, 0.1) is 0 Å². The molecule has 0 spiro atoms. The molecule has 0 saturated heterocycles. The zero-order valence-corrected chi connectivity index (χ0v) is 29.0. The van der Waals surface area contributed by atoms with Crippen LogP contribution in [0.1, 0.15) is 0 Å². The number of thiophene rings is 1. The molecule has 0 aliphatic carbocycles. The largest absolute Gasteiger partial charge is 0.307 e. The van der Waals surface area contributed by atoms with E-state index in [1.54, 1.807) is 0 Å². The van der Waals surface area contributed by atoms with Crippen LogP contribution >= 0.6 is 11.3 Å². The molecule has 4 nitrogen and oxygen atoms in total. The van der Waals surface area contributed by atoms with Gasteiger partial charge in [0.15, 0.2) is 0 Å². The summed E-state index contributed by atoms with van der Waals surface area (Å²) in [7, 11) is 0. The van der Waals surface area contributed by atoms with Crippen molar-refractivity contribution in [3.63, 3.8) is 0 Å². The lowest BCUT2D eigenvalue weighted by atomic mass is 10.0. The molecule has 13 aromatic rings. The number of rotatable bonds is 2. The van der Waals surface area contributed by atoms with Crippen LogP contribution in [-0.4, -0.2) is 18.9 Å². The lowest BCUT2D eigenvalue weighted by molar-refractivity contribution is 1.02. The molecule has 0 aliphatic rings. The molecule has 13 rings (SSSR count).